The number of rotatable bonds is 6. The number of anilines is 1. The molecule has 0 spiro atoms. The minimum Gasteiger partial charge on any atom is -0.312 e. The average molecular weight is 292 g/mol. The molecule has 1 saturated heterocycles. The Morgan fingerprint density at radius 1 is 1.30 bits per heavy atom. The van der Waals surface area contributed by atoms with E-state index in [1.165, 1.54) is 5.56 Å². The van der Waals surface area contributed by atoms with Crippen LogP contribution in [0, 0.1) is 0 Å². The van der Waals surface area contributed by atoms with Crippen molar-refractivity contribution in [3.63, 3.8) is 0 Å². The summed E-state index contributed by atoms with van der Waals surface area (Å²) >= 11 is 1.86. The van der Waals surface area contributed by atoms with Crippen LogP contribution in [0.3, 0.4) is 0 Å². The molecule has 3 nitrogen and oxygen atoms in total. The minimum absolute atomic E-state index is 0.248. The summed E-state index contributed by atoms with van der Waals surface area (Å²) in [6.45, 7) is 5.26. The molecule has 110 valence electrons. The smallest absolute Gasteiger partial charge is 0.227 e. The third kappa shape index (κ3) is 3.76. The van der Waals surface area contributed by atoms with Crippen molar-refractivity contribution in [3.8, 4) is 0 Å². The number of hydrogen-bond donors (Lipinski definition) is 1. The van der Waals surface area contributed by atoms with Crippen LogP contribution in [0.25, 0.3) is 0 Å². The summed E-state index contributed by atoms with van der Waals surface area (Å²) in [7, 11) is 0. The Bertz CT molecular complexity index is 446. The number of nitrogens with one attached hydrogen (secondary N) is 1. The van der Waals surface area contributed by atoms with E-state index in [2.05, 4.69) is 49.7 Å². The van der Waals surface area contributed by atoms with Crippen molar-refractivity contribution < 1.29 is 4.79 Å². The molecule has 1 fully saturated rings. The molecule has 2 atom stereocenters. The van der Waals surface area contributed by atoms with E-state index in [4.69, 9.17) is 0 Å². The van der Waals surface area contributed by atoms with E-state index in [1.54, 1.807) is 0 Å². The number of thioether (sulfide) groups is 1. The lowest BCUT2D eigenvalue weighted by Gasteiger charge is -2.21. The molecule has 1 heterocycles. The maximum Gasteiger partial charge on any atom is 0.227 e. The molecular weight excluding hydrogens is 268 g/mol. The van der Waals surface area contributed by atoms with Crippen LogP contribution < -0.4 is 10.2 Å². The van der Waals surface area contributed by atoms with Crippen LogP contribution in [-0.4, -0.2) is 30.5 Å². The molecule has 4 heteroatoms. The third-order valence-electron chi connectivity index (χ3n) is 3.73. The summed E-state index contributed by atoms with van der Waals surface area (Å²) in [6, 6.07) is 9.22. The van der Waals surface area contributed by atoms with Gasteiger partial charge in [-0.15, -0.1) is 0 Å². The molecule has 1 aromatic carbocycles. The van der Waals surface area contributed by atoms with Crippen molar-refractivity contribution >= 4 is 23.4 Å². The van der Waals surface area contributed by atoms with Gasteiger partial charge in [0.2, 0.25) is 5.91 Å². The van der Waals surface area contributed by atoms with Gasteiger partial charge in [0.15, 0.2) is 0 Å². The van der Waals surface area contributed by atoms with E-state index in [0.717, 1.165) is 24.4 Å². The lowest BCUT2D eigenvalue weighted by Crippen LogP contribution is -2.30. The second kappa shape index (κ2) is 7.14. The molecule has 1 aromatic rings. The molecule has 1 N–H and O–H groups in total. The lowest BCUT2D eigenvalue weighted by atomic mass is 10.1. The van der Waals surface area contributed by atoms with Gasteiger partial charge in [0.1, 0.15) is 0 Å². The van der Waals surface area contributed by atoms with Crippen molar-refractivity contribution in [2.24, 2.45) is 0 Å². The van der Waals surface area contributed by atoms with Crippen LogP contribution in [-0.2, 0) is 4.79 Å². The third-order valence-corrected chi connectivity index (χ3v) is 4.56. The van der Waals surface area contributed by atoms with Gasteiger partial charge in [-0.05, 0) is 44.2 Å². The van der Waals surface area contributed by atoms with Gasteiger partial charge in [0, 0.05) is 36.5 Å². The maximum atomic E-state index is 11.7. The molecule has 0 unspecified atom stereocenters. The fourth-order valence-electron chi connectivity index (χ4n) is 2.69. The predicted octanol–water partition coefficient (Wildman–Crippen LogP) is 3.22. The summed E-state index contributed by atoms with van der Waals surface area (Å²) in [5.41, 5.74) is 2.30. The first-order valence-electron chi connectivity index (χ1n) is 7.27. The van der Waals surface area contributed by atoms with E-state index in [9.17, 15) is 4.79 Å². The number of amides is 1. The number of benzene rings is 1. The van der Waals surface area contributed by atoms with Crippen LogP contribution in [0.2, 0.25) is 0 Å². The van der Waals surface area contributed by atoms with Gasteiger partial charge in [-0.1, -0.05) is 12.1 Å². The van der Waals surface area contributed by atoms with Crippen molar-refractivity contribution in [1.29, 1.82) is 0 Å². The zero-order chi connectivity index (χ0) is 14.5. The Morgan fingerprint density at radius 3 is 2.55 bits per heavy atom. The van der Waals surface area contributed by atoms with Crippen LogP contribution in [0.1, 0.15) is 38.3 Å². The van der Waals surface area contributed by atoms with Crippen LogP contribution >= 0.6 is 11.8 Å². The van der Waals surface area contributed by atoms with Gasteiger partial charge < -0.3 is 10.2 Å². The SMILES string of the molecule is CSC[C@@H](C)N[C@@H](C)c1ccc(N2CCCC2=O)cc1. The number of nitrogens with zero attached hydrogens (tertiary/aromatic N) is 1. The fraction of sp³-hybridized carbons (Fsp3) is 0.562. The van der Waals surface area contributed by atoms with Gasteiger partial charge in [-0.25, -0.2) is 0 Å². The highest BCUT2D eigenvalue weighted by Crippen LogP contribution is 2.23. The molecule has 2 rings (SSSR count). The molecule has 0 saturated carbocycles. The van der Waals surface area contributed by atoms with E-state index in [-0.39, 0.29) is 5.91 Å². The summed E-state index contributed by atoms with van der Waals surface area (Å²) in [4.78, 5) is 13.6. The highest BCUT2D eigenvalue weighted by Gasteiger charge is 2.21. The molecule has 0 radical (unpaired) electrons. The Balaban J connectivity index is 1.98. The van der Waals surface area contributed by atoms with Crippen molar-refractivity contribution in [1.82, 2.24) is 5.32 Å². The Morgan fingerprint density at radius 2 is 2.00 bits per heavy atom. The molecular formula is C16H24N2OS. The quantitative estimate of drug-likeness (QED) is 0.874. The van der Waals surface area contributed by atoms with Gasteiger partial charge in [0.05, 0.1) is 0 Å². The molecule has 20 heavy (non-hydrogen) atoms. The molecule has 1 amide bonds. The summed E-state index contributed by atoms with van der Waals surface area (Å²) < 4.78 is 0. The second-order valence-electron chi connectivity index (χ2n) is 5.49. The van der Waals surface area contributed by atoms with Gasteiger partial charge in [-0.2, -0.15) is 11.8 Å². The van der Waals surface area contributed by atoms with Gasteiger partial charge in [-0.3, -0.25) is 4.79 Å². The number of hydrogen-bond acceptors (Lipinski definition) is 3. The first-order valence-corrected chi connectivity index (χ1v) is 8.66. The van der Waals surface area contributed by atoms with E-state index in [0.29, 0.717) is 18.5 Å². The van der Waals surface area contributed by atoms with Crippen molar-refractivity contribution in [2.45, 2.75) is 38.8 Å². The molecule has 1 aliphatic heterocycles. The summed E-state index contributed by atoms with van der Waals surface area (Å²) in [5, 5.41) is 3.59. The van der Waals surface area contributed by atoms with Crippen molar-refractivity contribution in [2.75, 3.05) is 23.5 Å². The summed E-state index contributed by atoms with van der Waals surface area (Å²) in [6.07, 6.45) is 3.79. The number of carbonyl (C=O) groups is 1. The second-order valence-corrected chi connectivity index (χ2v) is 6.40. The topological polar surface area (TPSA) is 32.3 Å². The largest absolute Gasteiger partial charge is 0.312 e. The molecule has 0 bridgehead atoms. The Kier molecular flexibility index (Phi) is 5.49. The Hall–Kier alpha value is -1.00. The Labute approximate surface area is 126 Å². The molecule has 1 aliphatic rings. The predicted molar refractivity (Wildman–Crippen MR) is 87.4 cm³/mol. The van der Waals surface area contributed by atoms with Crippen LogP contribution in [0.15, 0.2) is 24.3 Å². The highest BCUT2D eigenvalue weighted by atomic mass is 32.2. The highest BCUT2D eigenvalue weighted by molar-refractivity contribution is 7.98. The zero-order valence-electron chi connectivity index (χ0n) is 12.6. The van der Waals surface area contributed by atoms with Crippen molar-refractivity contribution in [3.05, 3.63) is 29.8 Å². The maximum absolute atomic E-state index is 11.7. The van der Waals surface area contributed by atoms with Gasteiger partial charge >= 0.3 is 0 Å². The lowest BCUT2D eigenvalue weighted by molar-refractivity contribution is -0.117. The van der Waals surface area contributed by atoms with E-state index in [1.807, 2.05) is 16.7 Å². The number of carbonyl (C=O) groups excluding carboxylic acids is 1. The standard InChI is InChI=1S/C16H24N2OS/c1-12(11-20-3)17-13(2)14-6-8-15(9-7-14)18-10-4-5-16(18)19/h6-9,12-13,17H,4-5,10-11H2,1-3H3/t12-,13+/m1/s1. The molecule has 0 aliphatic carbocycles. The van der Waals surface area contributed by atoms with E-state index < -0.39 is 0 Å². The van der Waals surface area contributed by atoms with E-state index >= 15 is 0 Å². The first kappa shape index (κ1) is 15.4. The average Bonchev–Trinajstić information content (AvgIpc) is 2.85. The molecule has 0 aromatic heterocycles. The summed E-state index contributed by atoms with van der Waals surface area (Å²) in [5.74, 6) is 1.36. The van der Waals surface area contributed by atoms with Crippen LogP contribution in [0.5, 0.6) is 0 Å². The zero-order valence-corrected chi connectivity index (χ0v) is 13.4. The van der Waals surface area contributed by atoms with Crippen LogP contribution in [0.4, 0.5) is 5.69 Å². The van der Waals surface area contributed by atoms with Gasteiger partial charge in [0.25, 0.3) is 0 Å². The monoisotopic (exact) mass is 292 g/mol. The first-order chi connectivity index (χ1) is 9.61. The normalized spacial score (nSPS) is 18.4. The minimum atomic E-state index is 0.248. The fourth-order valence-corrected chi connectivity index (χ4v) is 3.28.